The fraction of sp³-hybridized carbons (Fsp3) is 0.765. The van der Waals surface area contributed by atoms with Gasteiger partial charge in [0.05, 0.1) is 18.8 Å². The number of morpholine rings is 1. The maximum atomic E-state index is 13.0. The average Bonchev–Trinajstić information content (AvgIpc) is 3.06. The summed E-state index contributed by atoms with van der Waals surface area (Å²) in [4.78, 5) is 20.8. The number of piperidine rings is 1. The zero-order valence-corrected chi connectivity index (χ0v) is 14.9. The van der Waals surface area contributed by atoms with Gasteiger partial charge in [-0.05, 0) is 12.8 Å². The maximum absolute atomic E-state index is 13.0. The number of halogens is 2. The summed E-state index contributed by atoms with van der Waals surface area (Å²) in [5.41, 5.74) is -0.212. The Labute approximate surface area is 150 Å². The average molecular weight is 371 g/mol. The van der Waals surface area contributed by atoms with Crippen LogP contribution in [0.1, 0.15) is 30.7 Å². The predicted octanol–water partition coefficient (Wildman–Crippen LogP) is 2.38. The molecule has 1 aromatic heterocycles. The van der Waals surface area contributed by atoms with Crippen LogP contribution in [0.4, 0.5) is 8.78 Å². The van der Waals surface area contributed by atoms with E-state index in [2.05, 4.69) is 9.88 Å². The lowest BCUT2D eigenvalue weighted by atomic mass is 9.79. The quantitative estimate of drug-likeness (QED) is 0.819. The summed E-state index contributed by atoms with van der Waals surface area (Å²) in [5, 5.41) is 3.09. The van der Waals surface area contributed by atoms with Crippen molar-refractivity contribution in [3.63, 3.8) is 0 Å². The van der Waals surface area contributed by atoms with E-state index in [-0.39, 0.29) is 24.3 Å². The van der Waals surface area contributed by atoms with E-state index in [0.29, 0.717) is 19.7 Å². The van der Waals surface area contributed by atoms with E-state index in [4.69, 9.17) is 4.74 Å². The standard InChI is InChI=1S/C17H23F2N3O2S/c18-17(19)9-13(10-17)15(23)22-4-1-16(2-5-22)12-21(6-7-24-16)11-14-20-3-8-25-14/h3,8,13H,1-2,4-7,9-12H2. The summed E-state index contributed by atoms with van der Waals surface area (Å²) in [6.45, 7) is 4.46. The van der Waals surface area contributed by atoms with Crippen molar-refractivity contribution >= 4 is 17.2 Å². The van der Waals surface area contributed by atoms with Gasteiger partial charge in [-0.25, -0.2) is 13.8 Å². The molecule has 1 aromatic rings. The number of rotatable bonds is 3. The van der Waals surface area contributed by atoms with E-state index in [0.717, 1.165) is 37.5 Å². The third kappa shape index (κ3) is 3.71. The van der Waals surface area contributed by atoms with E-state index in [1.165, 1.54) is 0 Å². The Kier molecular flexibility index (Phi) is 4.54. The minimum Gasteiger partial charge on any atom is -0.372 e. The minimum atomic E-state index is -2.64. The lowest BCUT2D eigenvalue weighted by Crippen LogP contribution is -2.58. The van der Waals surface area contributed by atoms with Crippen LogP contribution in [0.15, 0.2) is 11.6 Å². The number of hydrogen-bond donors (Lipinski definition) is 0. The highest BCUT2D eigenvalue weighted by atomic mass is 32.1. The number of nitrogens with zero attached hydrogens (tertiary/aromatic N) is 3. The van der Waals surface area contributed by atoms with Gasteiger partial charge >= 0.3 is 0 Å². The summed E-state index contributed by atoms with van der Waals surface area (Å²) in [7, 11) is 0. The van der Waals surface area contributed by atoms with Crippen LogP contribution in [0.2, 0.25) is 0 Å². The first-order valence-electron chi connectivity index (χ1n) is 8.86. The number of aromatic nitrogens is 1. The lowest BCUT2D eigenvalue weighted by molar-refractivity contribution is -0.169. The van der Waals surface area contributed by atoms with Crippen molar-refractivity contribution in [1.29, 1.82) is 0 Å². The highest BCUT2D eigenvalue weighted by Crippen LogP contribution is 2.43. The summed E-state index contributed by atoms with van der Waals surface area (Å²) in [5.74, 6) is -3.23. The molecule has 25 heavy (non-hydrogen) atoms. The Morgan fingerprint density at radius 3 is 2.72 bits per heavy atom. The van der Waals surface area contributed by atoms with Crippen LogP contribution in [-0.4, -0.2) is 65.0 Å². The van der Waals surface area contributed by atoms with Gasteiger partial charge in [0.2, 0.25) is 11.8 Å². The fourth-order valence-corrected chi connectivity index (χ4v) is 4.77. The van der Waals surface area contributed by atoms with E-state index in [1.54, 1.807) is 16.2 Å². The van der Waals surface area contributed by atoms with E-state index >= 15 is 0 Å². The SMILES string of the molecule is O=C(C1CC(F)(F)C1)N1CCC2(CC1)CN(Cc1nccs1)CCO2. The monoisotopic (exact) mass is 371 g/mol. The highest BCUT2D eigenvalue weighted by molar-refractivity contribution is 7.09. The van der Waals surface area contributed by atoms with E-state index in [9.17, 15) is 13.6 Å². The Morgan fingerprint density at radius 1 is 1.32 bits per heavy atom. The zero-order chi connectivity index (χ0) is 17.5. The van der Waals surface area contributed by atoms with Crippen LogP contribution in [0.5, 0.6) is 0 Å². The first kappa shape index (κ1) is 17.3. The van der Waals surface area contributed by atoms with Crippen LogP contribution in [-0.2, 0) is 16.1 Å². The summed E-state index contributed by atoms with van der Waals surface area (Å²) in [6.07, 6.45) is 2.80. The normalized spacial score (nSPS) is 26.6. The van der Waals surface area contributed by atoms with E-state index in [1.807, 2.05) is 11.6 Å². The number of alkyl halides is 2. The molecule has 1 spiro atoms. The lowest BCUT2D eigenvalue weighted by Gasteiger charge is -2.48. The second-order valence-corrected chi connectivity index (χ2v) is 8.43. The summed E-state index contributed by atoms with van der Waals surface area (Å²) in [6, 6.07) is 0. The number of carbonyl (C=O) groups is 1. The molecule has 8 heteroatoms. The fourth-order valence-electron chi connectivity index (χ4n) is 4.11. The van der Waals surface area contributed by atoms with Crippen molar-refractivity contribution < 1.29 is 18.3 Å². The molecule has 1 amide bonds. The molecular formula is C17H23F2N3O2S. The first-order chi connectivity index (χ1) is 11.9. The van der Waals surface area contributed by atoms with Gasteiger partial charge in [0.25, 0.3) is 0 Å². The second-order valence-electron chi connectivity index (χ2n) is 7.45. The van der Waals surface area contributed by atoms with Gasteiger partial charge < -0.3 is 9.64 Å². The molecule has 1 aliphatic carbocycles. The van der Waals surface area contributed by atoms with Gasteiger partial charge in [-0.2, -0.15) is 0 Å². The molecule has 2 saturated heterocycles. The molecule has 0 bridgehead atoms. The van der Waals surface area contributed by atoms with Crippen molar-refractivity contribution in [1.82, 2.24) is 14.8 Å². The molecular weight excluding hydrogens is 348 g/mol. The van der Waals surface area contributed by atoms with Crippen molar-refractivity contribution in [2.45, 2.75) is 43.8 Å². The largest absolute Gasteiger partial charge is 0.372 e. The molecule has 3 heterocycles. The third-order valence-corrected chi connectivity index (χ3v) is 6.36. The van der Waals surface area contributed by atoms with Crippen LogP contribution >= 0.6 is 11.3 Å². The molecule has 1 saturated carbocycles. The number of ether oxygens (including phenoxy) is 1. The molecule has 5 nitrogen and oxygen atoms in total. The van der Waals surface area contributed by atoms with Gasteiger partial charge in [-0.15, -0.1) is 11.3 Å². The predicted molar refractivity (Wildman–Crippen MR) is 89.6 cm³/mol. The van der Waals surface area contributed by atoms with E-state index < -0.39 is 11.8 Å². The van der Waals surface area contributed by atoms with Gasteiger partial charge in [0.15, 0.2) is 0 Å². The molecule has 0 unspecified atom stereocenters. The number of thiazole rings is 1. The number of carbonyl (C=O) groups excluding carboxylic acids is 1. The molecule has 0 radical (unpaired) electrons. The van der Waals surface area contributed by atoms with Crippen molar-refractivity contribution in [2.75, 3.05) is 32.8 Å². The number of hydrogen-bond acceptors (Lipinski definition) is 5. The minimum absolute atomic E-state index is 0.101. The molecule has 4 rings (SSSR count). The van der Waals surface area contributed by atoms with Crippen molar-refractivity contribution in [2.24, 2.45) is 5.92 Å². The van der Waals surface area contributed by atoms with Gasteiger partial charge in [-0.1, -0.05) is 0 Å². The summed E-state index contributed by atoms with van der Waals surface area (Å²) < 4.78 is 32.1. The van der Waals surface area contributed by atoms with Crippen molar-refractivity contribution in [3.8, 4) is 0 Å². The van der Waals surface area contributed by atoms with Crippen LogP contribution in [0, 0.1) is 5.92 Å². The van der Waals surface area contributed by atoms with Crippen LogP contribution in [0.25, 0.3) is 0 Å². The topological polar surface area (TPSA) is 45.7 Å². The second kappa shape index (κ2) is 6.55. The molecule has 0 aromatic carbocycles. The molecule has 3 fully saturated rings. The number of likely N-dealkylation sites (tertiary alicyclic amines) is 1. The van der Waals surface area contributed by atoms with Gasteiger partial charge in [0.1, 0.15) is 5.01 Å². The van der Waals surface area contributed by atoms with Gasteiger partial charge in [0, 0.05) is 56.5 Å². The Morgan fingerprint density at radius 2 is 2.08 bits per heavy atom. The molecule has 2 aliphatic heterocycles. The Hall–Kier alpha value is -1.12. The third-order valence-electron chi connectivity index (χ3n) is 5.60. The Balaban J connectivity index is 1.30. The number of amides is 1. The van der Waals surface area contributed by atoms with Crippen molar-refractivity contribution in [3.05, 3.63) is 16.6 Å². The zero-order valence-electron chi connectivity index (χ0n) is 14.1. The van der Waals surface area contributed by atoms with Crippen LogP contribution in [0.3, 0.4) is 0 Å². The molecule has 138 valence electrons. The molecule has 0 atom stereocenters. The molecule has 0 N–H and O–H groups in total. The maximum Gasteiger partial charge on any atom is 0.249 e. The Bertz CT molecular complexity index is 609. The smallest absolute Gasteiger partial charge is 0.249 e. The first-order valence-corrected chi connectivity index (χ1v) is 9.74. The van der Waals surface area contributed by atoms with Crippen LogP contribution < -0.4 is 0 Å². The molecule has 3 aliphatic rings. The highest BCUT2D eigenvalue weighted by Gasteiger charge is 2.50. The van der Waals surface area contributed by atoms with Gasteiger partial charge in [-0.3, -0.25) is 9.69 Å². The summed E-state index contributed by atoms with van der Waals surface area (Å²) >= 11 is 1.66.